The third-order valence-electron chi connectivity index (χ3n) is 3.55. The lowest BCUT2D eigenvalue weighted by Gasteiger charge is -2.12. The highest BCUT2D eigenvalue weighted by Crippen LogP contribution is 2.34. The summed E-state index contributed by atoms with van der Waals surface area (Å²) < 4.78 is 22.8. The van der Waals surface area contributed by atoms with Gasteiger partial charge in [0.15, 0.2) is 11.3 Å². The molecule has 5 nitrogen and oxygen atoms in total. The van der Waals surface area contributed by atoms with Crippen LogP contribution in [0.2, 0.25) is 0 Å². The van der Waals surface area contributed by atoms with Gasteiger partial charge >= 0.3 is 5.97 Å². The number of carbonyl (C=O) groups excluding carboxylic acids is 1. The quantitative estimate of drug-likeness (QED) is 0.748. The van der Waals surface area contributed by atoms with Gasteiger partial charge in [-0.1, -0.05) is 15.9 Å². The van der Waals surface area contributed by atoms with Crippen LogP contribution in [-0.4, -0.2) is 31.9 Å². The van der Waals surface area contributed by atoms with Crippen molar-refractivity contribution < 1.29 is 23.4 Å². The van der Waals surface area contributed by atoms with E-state index in [1.807, 2.05) is 12.1 Å². The SMILES string of the molecule is CCOC(=O)c1coc2c(OC[C@H]3CCCO3)cc(Br)cc12. The van der Waals surface area contributed by atoms with Gasteiger partial charge < -0.3 is 18.6 Å². The summed E-state index contributed by atoms with van der Waals surface area (Å²) in [5, 5.41) is 0.676. The second-order valence-corrected chi connectivity index (χ2v) is 6.01. The highest BCUT2D eigenvalue weighted by molar-refractivity contribution is 9.10. The zero-order valence-corrected chi connectivity index (χ0v) is 13.9. The maximum absolute atomic E-state index is 12.0. The smallest absolute Gasteiger partial charge is 0.342 e. The molecule has 118 valence electrons. The number of benzene rings is 1. The number of hydrogen-bond donors (Lipinski definition) is 0. The van der Waals surface area contributed by atoms with Gasteiger partial charge in [-0.05, 0) is 31.9 Å². The Bertz CT molecular complexity index is 672. The number of ether oxygens (including phenoxy) is 3. The van der Waals surface area contributed by atoms with E-state index >= 15 is 0 Å². The van der Waals surface area contributed by atoms with Gasteiger partial charge in [0.05, 0.1) is 12.7 Å². The summed E-state index contributed by atoms with van der Waals surface area (Å²) >= 11 is 3.44. The van der Waals surface area contributed by atoms with Crippen LogP contribution in [0.1, 0.15) is 30.1 Å². The van der Waals surface area contributed by atoms with Crippen molar-refractivity contribution >= 4 is 32.9 Å². The molecule has 1 atom stereocenters. The zero-order chi connectivity index (χ0) is 15.5. The van der Waals surface area contributed by atoms with Crippen molar-refractivity contribution in [2.24, 2.45) is 0 Å². The summed E-state index contributed by atoms with van der Waals surface area (Å²) in [6.45, 7) is 3.35. The second kappa shape index (κ2) is 6.71. The van der Waals surface area contributed by atoms with Crippen LogP contribution in [-0.2, 0) is 9.47 Å². The van der Waals surface area contributed by atoms with Gasteiger partial charge in [-0.3, -0.25) is 0 Å². The van der Waals surface area contributed by atoms with Gasteiger partial charge in [-0.15, -0.1) is 0 Å². The average Bonchev–Trinajstić information content (AvgIpc) is 3.14. The van der Waals surface area contributed by atoms with Crippen LogP contribution in [0.3, 0.4) is 0 Å². The van der Waals surface area contributed by atoms with Crippen molar-refractivity contribution in [2.75, 3.05) is 19.8 Å². The Morgan fingerprint density at radius 2 is 2.32 bits per heavy atom. The van der Waals surface area contributed by atoms with E-state index in [1.54, 1.807) is 6.92 Å². The number of furan rings is 1. The minimum Gasteiger partial charge on any atom is -0.487 e. The fraction of sp³-hybridized carbons (Fsp3) is 0.438. The lowest BCUT2D eigenvalue weighted by molar-refractivity contribution is 0.0527. The molecule has 0 aliphatic carbocycles. The number of fused-ring (bicyclic) bond motifs is 1. The van der Waals surface area contributed by atoms with Crippen LogP contribution in [0.15, 0.2) is 27.3 Å². The van der Waals surface area contributed by atoms with Crippen molar-refractivity contribution in [3.63, 3.8) is 0 Å². The van der Waals surface area contributed by atoms with Crippen molar-refractivity contribution in [3.05, 3.63) is 28.4 Å². The van der Waals surface area contributed by atoms with E-state index in [1.165, 1.54) is 6.26 Å². The van der Waals surface area contributed by atoms with E-state index in [0.717, 1.165) is 23.9 Å². The summed E-state index contributed by atoms with van der Waals surface area (Å²) in [5.41, 5.74) is 0.948. The van der Waals surface area contributed by atoms with Crippen molar-refractivity contribution in [1.82, 2.24) is 0 Å². The number of rotatable bonds is 5. The molecular weight excluding hydrogens is 352 g/mol. The summed E-state index contributed by atoms with van der Waals surface area (Å²) in [6.07, 6.45) is 3.60. The fourth-order valence-corrected chi connectivity index (χ4v) is 2.94. The summed E-state index contributed by atoms with van der Waals surface area (Å²) in [5.74, 6) is 0.194. The lowest BCUT2D eigenvalue weighted by atomic mass is 10.1. The zero-order valence-electron chi connectivity index (χ0n) is 12.3. The Morgan fingerprint density at radius 3 is 3.05 bits per heavy atom. The maximum atomic E-state index is 12.0. The van der Waals surface area contributed by atoms with Gasteiger partial charge in [-0.25, -0.2) is 4.79 Å². The second-order valence-electron chi connectivity index (χ2n) is 5.10. The molecule has 2 heterocycles. The molecule has 6 heteroatoms. The van der Waals surface area contributed by atoms with E-state index in [2.05, 4.69) is 15.9 Å². The Morgan fingerprint density at radius 1 is 1.45 bits per heavy atom. The van der Waals surface area contributed by atoms with E-state index in [9.17, 15) is 4.79 Å². The predicted molar refractivity (Wildman–Crippen MR) is 84.3 cm³/mol. The van der Waals surface area contributed by atoms with Gasteiger partial charge in [0.2, 0.25) is 0 Å². The molecule has 1 aromatic heterocycles. The van der Waals surface area contributed by atoms with Gasteiger partial charge in [0, 0.05) is 16.5 Å². The number of esters is 1. The summed E-state index contributed by atoms with van der Waals surface area (Å²) in [7, 11) is 0. The highest BCUT2D eigenvalue weighted by Gasteiger charge is 2.21. The van der Waals surface area contributed by atoms with E-state index in [0.29, 0.717) is 35.5 Å². The summed E-state index contributed by atoms with van der Waals surface area (Å²) in [6, 6.07) is 3.65. The molecule has 0 amide bonds. The van der Waals surface area contributed by atoms with Crippen LogP contribution in [0.5, 0.6) is 5.75 Å². The van der Waals surface area contributed by atoms with Crippen molar-refractivity contribution in [1.29, 1.82) is 0 Å². The fourth-order valence-electron chi connectivity index (χ4n) is 2.50. The van der Waals surface area contributed by atoms with Crippen LogP contribution < -0.4 is 4.74 Å². The van der Waals surface area contributed by atoms with Crippen molar-refractivity contribution in [2.45, 2.75) is 25.9 Å². The van der Waals surface area contributed by atoms with Gasteiger partial charge in [0.1, 0.15) is 18.4 Å². The molecule has 2 aromatic rings. The third-order valence-corrected chi connectivity index (χ3v) is 4.01. The Balaban J connectivity index is 1.88. The minimum atomic E-state index is -0.399. The topological polar surface area (TPSA) is 57.9 Å². The highest BCUT2D eigenvalue weighted by atomic mass is 79.9. The lowest BCUT2D eigenvalue weighted by Crippen LogP contribution is -2.16. The number of halogens is 1. The Labute approximate surface area is 136 Å². The van der Waals surface area contributed by atoms with Crippen molar-refractivity contribution in [3.8, 4) is 5.75 Å². The van der Waals surface area contributed by atoms with Crippen LogP contribution in [0.4, 0.5) is 0 Å². The molecule has 1 aliphatic heterocycles. The standard InChI is InChI=1S/C16H17BrO5/c1-2-19-16(18)13-9-22-15-12(13)6-10(17)7-14(15)21-8-11-4-3-5-20-11/h6-7,9,11H,2-5,8H2,1H3/t11-/m1/s1. The van der Waals surface area contributed by atoms with E-state index in [4.69, 9.17) is 18.6 Å². The van der Waals surface area contributed by atoms with Gasteiger partial charge in [-0.2, -0.15) is 0 Å². The Hall–Kier alpha value is -1.53. The first-order chi connectivity index (χ1) is 10.7. The van der Waals surface area contributed by atoms with Crippen LogP contribution >= 0.6 is 15.9 Å². The first-order valence-electron chi connectivity index (χ1n) is 7.31. The summed E-state index contributed by atoms with van der Waals surface area (Å²) in [4.78, 5) is 12.0. The normalized spacial score (nSPS) is 17.8. The number of hydrogen-bond acceptors (Lipinski definition) is 5. The first kappa shape index (κ1) is 15.4. The molecule has 1 aliphatic rings. The molecule has 1 aromatic carbocycles. The molecule has 0 spiro atoms. The molecule has 22 heavy (non-hydrogen) atoms. The van der Waals surface area contributed by atoms with E-state index in [-0.39, 0.29) is 6.10 Å². The van der Waals surface area contributed by atoms with Crippen LogP contribution in [0.25, 0.3) is 11.0 Å². The predicted octanol–water partition coefficient (Wildman–Crippen LogP) is 3.93. The Kier molecular flexibility index (Phi) is 4.69. The third kappa shape index (κ3) is 3.13. The maximum Gasteiger partial charge on any atom is 0.342 e. The molecule has 0 bridgehead atoms. The molecule has 3 rings (SSSR count). The molecule has 0 saturated carbocycles. The minimum absolute atomic E-state index is 0.119. The monoisotopic (exact) mass is 368 g/mol. The largest absolute Gasteiger partial charge is 0.487 e. The molecular formula is C16H17BrO5. The molecule has 0 N–H and O–H groups in total. The molecule has 1 fully saturated rings. The van der Waals surface area contributed by atoms with Crippen LogP contribution in [0, 0.1) is 0 Å². The molecule has 1 saturated heterocycles. The average molecular weight is 369 g/mol. The molecule has 0 radical (unpaired) electrons. The van der Waals surface area contributed by atoms with E-state index < -0.39 is 5.97 Å². The van der Waals surface area contributed by atoms with Gasteiger partial charge in [0.25, 0.3) is 0 Å². The number of carbonyl (C=O) groups is 1. The first-order valence-corrected chi connectivity index (χ1v) is 8.10. The molecule has 0 unspecified atom stereocenters.